The van der Waals surface area contributed by atoms with Crippen molar-refractivity contribution in [2.75, 3.05) is 20.1 Å². The summed E-state index contributed by atoms with van der Waals surface area (Å²) in [6.07, 6.45) is 8.42. The average molecular weight is 373 g/mol. The van der Waals surface area contributed by atoms with Gasteiger partial charge in [0.05, 0.1) is 23.4 Å². The van der Waals surface area contributed by atoms with Gasteiger partial charge in [0.2, 0.25) is 5.88 Å². The third-order valence-electron chi connectivity index (χ3n) is 4.73. The Morgan fingerprint density at radius 3 is 2.57 bits per heavy atom. The molecule has 2 aromatic heterocycles. The fourth-order valence-corrected chi connectivity index (χ4v) is 3.16. The highest BCUT2D eigenvalue weighted by atomic mass is 16.3. The van der Waals surface area contributed by atoms with E-state index in [0.29, 0.717) is 16.9 Å². The highest BCUT2D eigenvalue weighted by molar-refractivity contribution is 5.94. The van der Waals surface area contributed by atoms with E-state index in [1.54, 1.807) is 30.5 Å². The standard InChI is InChI=1S/C21H19N5O2/c1-3-14-4-6-15(7-5-14)18-11-23-26(21(18)28)19-9-8-16(10-22-19)20(27)24-17-12-25(2)13-17/h1,4-11,17,28H,12-13H2,2H3,(H,24,27). The van der Waals surface area contributed by atoms with Crippen LogP contribution in [0.1, 0.15) is 15.9 Å². The number of pyridine rings is 1. The van der Waals surface area contributed by atoms with Crippen molar-refractivity contribution < 1.29 is 9.90 Å². The maximum absolute atomic E-state index is 12.3. The Balaban J connectivity index is 1.52. The number of terminal acetylenes is 1. The highest BCUT2D eigenvalue weighted by Crippen LogP contribution is 2.30. The number of benzene rings is 1. The molecule has 1 fully saturated rings. The van der Waals surface area contributed by atoms with E-state index < -0.39 is 0 Å². The summed E-state index contributed by atoms with van der Waals surface area (Å²) in [5.41, 5.74) is 2.60. The number of aromatic hydroxyl groups is 1. The minimum Gasteiger partial charge on any atom is -0.493 e. The molecular formula is C21H19N5O2. The molecule has 1 saturated heterocycles. The Labute approximate surface area is 162 Å². The summed E-state index contributed by atoms with van der Waals surface area (Å²) >= 11 is 0. The Bertz CT molecular complexity index is 1040. The molecule has 0 aliphatic carbocycles. The van der Waals surface area contributed by atoms with Crippen molar-refractivity contribution in [3.05, 3.63) is 59.9 Å². The van der Waals surface area contributed by atoms with Crippen LogP contribution >= 0.6 is 0 Å². The lowest BCUT2D eigenvalue weighted by Gasteiger charge is -2.36. The Hall–Kier alpha value is -3.63. The molecule has 2 N–H and O–H groups in total. The van der Waals surface area contributed by atoms with Crippen LogP contribution in [0.2, 0.25) is 0 Å². The summed E-state index contributed by atoms with van der Waals surface area (Å²) in [5, 5.41) is 17.7. The van der Waals surface area contributed by atoms with Gasteiger partial charge in [-0.3, -0.25) is 4.79 Å². The number of nitrogens with zero attached hydrogens (tertiary/aromatic N) is 4. The van der Waals surface area contributed by atoms with E-state index in [1.165, 1.54) is 10.9 Å². The van der Waals surface area contributed by atoms with Crippen LogP contribution in [0, 0.1) is 12.3 Å². The van der Waals surface area contributed by atoms with Gasteiger partial charge in [0.1, 0.15) is 0 Å². The maximum atomic E-state index is 12.3. The third-order valence-corrected chi connectivity index (χ3v) is 4.73. The van der Waals surface area contributed by atoms with E-state index >= 15 is 0 Å². The van der Waals surface area contributed by atoms with Gasteiger partial charge in [-0.25, -0.2) is 4.98 Å². The minimum atomic E-state index is -0.156. The van der Waals surface area contributed by atoms with Gasteiger partial charge in [-0.05, 0) is 36.9 Å². The smallest absolute Gasteiger partial charge is 0.253 e. The van der Waals surface area contributed by atoms with Crippen LogP contribution in [0.4, 0.5) is 0 Å². The zero-order valence-electron chi connectivity index (χ0n) is 15.3. The van der Waals surface area contributed by atoms with Crippen molar-refractivity contribution >= 4 is 5.91 Å². The SMILES string of the molecule is C#Cc1ccc(-c2cnn(-c3ccc(C(=O)NC4CN(C)C4)cn3)c2O)cc1. The predicted molar refractivity (Wildman–Crippen MR) is 105 cm³/mol. The molecule has 0 atom stereocenters. The molecule has 3 aromatic rings. The molecule has 1 aliphatic rings. The van der Waals surface area contributed by atoms with E-state index in [4.69, 9.17) is 6.42 Å². The summed E-state index contributed by atoms with van der Waals surface area (Å²) in [5.74, 6) is 2.79. The fourth-order valence-electron chi connectivity index (χ4n) is 3.16. The van der Waals surface area contributed by atoms with Crippen LogP contribution in [0.5, 0.6) is 5.88 Å². The van der Waals surface area contributed by atoms with Gasteiger partial charge in [0.25, 0.3) is 5.91 Å². The molecule has 1 aromatic carbocycles. The summed E-state index contributed by atoms with van der Waals surface area (Å²) in [7, 11) is 2.01. The lowest BCUT2D eigenvalue weighted by molar-refractivity contribution is 0.0857. The zero-order valence-corrected chi connectivity index (χ0v) is 15.3. The molecule has 0 unspecified atom stereocenters. The van der Waals surface area contributed by atoms with Crippen LogP contribution in [0.15, 0.2) is 48.8 Å². The number of aromatic nitrogens is 3. The number of carbonyl (C=O) groups is 1. The number of hydrogen-bond donors (Lipinski definition) is 2. The number of hydrogen-bond acceptors (Lipinski definition) is 5. The van der Waals surface area contributed by atoms with Crippen molar-refractivity contribution in [2.24, 2.45) is 0 Å². The quantitative estimate of drug-likeness (QED) is 0.680. The second kappa shape index (κ2) is 7.18. The summed E-state index contributed by atoms with van der Waals surface area (Å²) in [4.78, 5) is 18.7. The number of carbonyl (C=O) groups excluding carboxylic acids is 1. The van der Waals surface area contributed by atoms with Crippen molar-refractivity contribution in [2.45, 2.75) is 6.04 Å². The number of likely N-dealkylation sites (N-methyl/N-ethyl adjacent to an activating group) is 1. The van der Waals surface area contributed by atoms with E-state index in [9.17, 15) is 9.90 Å². The lowest BCUT2D eigenvalue weighted by Crippen LogP contribution is -2.57. The molecule has 0 bridgehead atoms. The van der Waals surface area contributed by atoms with E-state index in [0.717, 1.165) is 24.2 Å². The number of amides is 1. The first-order valence-corrected chi connectivity index (χ1v) is 8.85. The van der Waals surface area contributed by atoms with E-state index in [-0.39, 0.29) is 17.8 Å². The number of likely N-dealkylation sites (tertiary alicyclic amines) is 1. The molecule has 0 saturated carbocycles. The van der Waals surface area contributed by atoms with Crippen LogP contribution < -0.4 is 5.32 Å². The van der Waals surface area contributed by atoms with Crippen LogP contribution in [-0.4, -0.2) is 56.9 Å². The van der Waals surface area contributed by atoms with Crippen molar-refractivity contribution in [3.63, 3.8) is 0 Å². The predicted octanol–water partition coefficient (Wildman–Crippen LogP) is 1.66. The first-order chi connectivity index (χ1) is 13.5. The Morgan fingerprint density at radius 1 is 1.21 bits per heavy atom. The molecule has 4 rings (SSSR count). The van der Waals surface area contributed by atoms with Crippen LogP contribution in [0.25, 0.3) is 16.9 Å². The molecule has 0 spiro atoms. The van der Waals surface area contributed by atoms with Gasteiger partial charge in [-0.15, -0.1) is 6.42 Å². The topological polar surface area (TPSA) is 83.3 Å². The Kier molecular flexibility index (Phi) is 4.55. The minimum absolute atomic E-state index is 0.0318. The molecular weight excluding hydrogens is 354 g/mol. The van der Waals surface area contributed by atoms with Gasteiger partial charge < -0.3 is 15.3 Å². The Morgan fingerprint density at radius 2 is 1.96 bits per heavy atom. The van der Waals surface area contributed by atoms with Crippen LogP contribution in [0.3, 0.4) is 0 Å². The lowest BCUT2D eigenvalue weighted by atomic mass is 10.1. The van der Waals surface area contributed by atoms with Gasteiger partial charge >= 0.3 is 0 Å². The molecule has 140 valence electrons. The largest absolute Gasteiger partial charge is 0.493 e. The molecule has 1 aliphatic heterocycles. The van der Waals surface area contributed by atoms with Gasteiger partial charge in [-0.2, -0.15) is 9.78 Å². The molecule has 28 heavy (non-hydrogen) atoms. The van der Waals surface area contributed by atoms with Crippen LogP contribution in [-0.2, 0) is 0 Å². The fraction of sp³-hybridized carbons (Fsp3) is 0.190. The zero-order chi connectivity index (χ0) is 19.7. The van der Waals surface area contributed by atoms with Crippen molar-refractivity contribution in [3.8, 4) is 35.2 Å². The maximum Gasteiger partial charge on any atom is 0.253 e. The number of rotatable bonds is 4. The molecule has 3 heterocycles. The normalized spacial score (nSPS) is 14.3. The monoisotopic (exact) mass is 373 g/mol. The number of nitrogens with one attached hydrogen (secondary N) is 1. The second-order valence-corrected chi connectivity index (χ2v) is 6.81. The molecule has 7 nitrogen and oxygen atoms in total. The summed E-state index contributed by atoms with van der Waals surface area (Å²) in [6, 6.07) is 10.8. The van der Waals surface area contributed by atoms with E-state index in [2.05, 4.69) is 26.2 Å². The van der Waals surface area contributed by atoms with Gasteiger partial charge in [0, 0.05) is 24.8 Å². The van der Waals surface area contributed by atoms with E-state index in [1.807, 2.05) is 19.2 Å². The van der Waals surface area contributed by atoms with Crippen molar-refractivity contribution in [1.29, 1.82) is 0 Å². The first-order valence-electron chi connectivity index (χ1n) is 8.85. The highest BCUT2D eigenvalue weighted by Gasteiger charge is 2.25. The summed E-state index contributed by atoms with van der Waals surface area (Å²) in [6.45, 7) is 1.70. The second-order valence-electron chi connectivity index (χ2n) is 6.81. The molecule has 1 amide bonds. The third kappa shape index (κ3) is 3.33. The first kappa shape index (κ1) is 17.8. The molecule has 0 radical (unpaired) electrons. The van der Waals surface area contributed by atoms with Gasteiger partial charge in [0.15, 0.2) is 5.82 Å². The van der Waals surface area contributed by atoms with Gasteiger partial charge in [-0.1, -0.05) is 18.1 Å². The molecule has 7 heteroatoms. The summed E-state index contributed by atoms with van der Waals surface area (Å²) < 4.78 is 1.33. The van der Waals surface area contributed by atoms with Crippen molar-refractivity contribution in [1.82, 2.24) is 25.0 Å². The average Bonchev–Trinajstić information content (AvgIpc) is 3.08.